The SMILES string of the molecule is Cc1cc(C)n(CCCNCc2ccc(Cl)c(F)c2)n1. The second-order valence-corrected chi connectivity index (χ2v) is 5.34. The molecule has 1 N–H and O–H groups in total. The van der Waals surface area contributed by atoms with Gasteiger partial charge in [0.05, 0.1) is 10.7 Å². The van der Waals surface area contributed by atoms with Crippen molar-refractivity contribution >= 4 is 11.6 Å². The zero-order valence-electron chi connectivity index (χ0n) is 11.8. The third-order valence-electron chi connectivity index (χ3n) is 3.14. The Kier molecular flexibility index (Phi) is 5.15. The van der Waals surface area contributed by atoms with Gasteiger partial charge in [0.25, 0.3) is 0 Å². The summed E-state index contributed by atoms with van der Waals surface area (Å²) in [5.74, 6) is -0.367. The van der Waals surface area contributed by atoms with Crippen LogP contribution in [0.2, 0.25) is 5.02 Å². The van der Waals surface area contributed by atoms with Crippen molar-refractivity contribution in [3.05, 3.63) is 52.1 Å². The minimum Gasteiger partial charge on any atom is -0.313 e. The predicted octanol–water partition coefficient (Wildman–Crippen LogP) is 3.47. The van der Waals surface area contributed by atoms with Gasteiger partial charge in [-0.1, -0.05) is 17.7 Å². The summed E-state index contributed by atoms with van der Waals surface area (Å²) in [5, 5.41) is 7.87. The summed E-state index contributed by atoms with van der Waals surface area (Å²) in [5.41, 5.74) is 3.13. The average Bonchev–Trinajstić information content (AvgIpc) is 2.72. The third kappa shape index (κ3) is 4.05. The summed E-state index contributed by atoms with van der Waals surface area (Å²) in [4.78, 5) is 0. The fraction of sp³-hybridized carbons (Fsp3) is 0.400. The minimum absolute atomic E-state index is 0.165. The van der Waals surface area contributed by atoms with Crippen LogP contribution >= 0.6 is 11.6 Å². The summed E-state index contributed by atoms with van der Waals surface area (Å²) in [6.07, 6.45) is 0.984. The van der Waals surface area contributed by atoms with Gasteiger partial charge in [0.2, 0.25) is 0 Å². The molecule has 0 amide bonds. The Bertz CT molecular complexity index is 580. The molecule has 0 aliphatic rings. The second kappa shape index (κ2) is 6.86. The average molecular weight is 296 g/mol. The van der Waals surface area contributed by atoms with Crippen LogP contribution in [0.3, 0.4) is 0 Å². The maximum atomic E-state index is 13.3. The van der Waals surface area contributed by atoms with Crippen molar-refractivity contribution in [3.8, 4) is 0 Å². The fourth-order valence-electron chi connectivity index (χ4n) is 2.14. The topological polar surface area (TPSA) is 29.9 Å². The molecule has 0 saturated carbocycles. The first-order valence-electron chi connectivity index (χ1n) is 6.72. The Morgan fingerprint density at radius 2 is 2.10 bits per heavy atom. The molecule has 1 aromatic carbocycles. The van der Waals surface area contributed by atoms with Crippen LogP contribution in [0.5, 0.6) is 0 Å². The van der Waals surface area contributed by atoms with E-state index in [0.29, 0.717) is 6.54 Å². The maximum absolute atomic E-state index is 13.3. The molecule has 0 fully saturated rings. The van der Waals surface area contributed by atoms with Crippen molar-refractivity contribution in [1.82, 2.24) is 15.1 Å². The molecule has 0 radical (unpaired) electrons. The van der Waals surface area contributed by atoms with Gasteiger partial charge in [0, 0.05) is 18.8 Å². The number of nitrogens with one attached hydrogen (secondary N) is 1. The Labute approximate surface area is 123 Å². The molecule has 1 heterocycles. The molecule has 0 atom stereocenters. The molecular weight excluding hydrogens is 277 g/mol. The summed E-state index contributed by atoms with van der Waals surface area (Å²) in [6.45, 7) is 6.45. The summed E-state index contributed by atoms with van der Waals surface area (Å²) < 4.78 is 15.3. The molecule has 2 rings (SSSR count). The molecule has 20 heavy (non-hydrogen) atoms. The van der Waals surface area contributed by atoms with Gasteiger partial charge in [0.1, 0.15) is 5.82 Å². The van der Waals surface area contributed by atoms with Crippen molar-refractivity contribution in [1.29, 1.82) is 0 Å². The highest BCUT2D eigenvalue weighted by molar-refractivity contribution is 6.30. The van der Waals surface area contributed by atoms with Crippen LogP contribution in [0.1, 0.15) is 23.4 Å². The molecule has 0 bridgehead atoms. The highest BCUT2D eigenvalue weighted by Gasteiger charge is 2.02. The van der Waals surface area contributed by atoms with Crippen LogP contribution in [0.15, 0.2) is 24.3 Å². The van der Waals surface area contributed by atoms with Crippen LogP contribution in [-0.4, -0.2) is 16.3 Å². The summed E-state index contributed by atoms with van der Waals surface area (Å²) >= 11 is 5.64. The van der Waals surface area contributed by atoms with Crippen LogP contribution in [-0.2, 0) is 13.1 Å². The molecule has 108 valence electrons. The van der Waals surface area contributed by atoms with E-state index in [4.69, 9.17) is 11.6 Å². The lowest BCUT2D eigenvalue weighted by atomic mass is 10.2. The monoisotopic (exact) mass is 295 g/mol. The van der Waals surface area contributed by atoms with Gasteiger partial charge in [-0.2, -0.15) is 5.10 Å². The lowest BCUT2D eigenvalue weighted by Crippen LogP contribution is -2.17. The normalized spacial score (nSPS) is 11.0. The van der Waals surface area contributed by atoms with Gasteiger partial charge in [0.15, 0.2) is 0 Å². The van der Waals surface area contributed by atoms with Gasteiger partial charge < -0.3 is 5.32 Å². The molecule has 5 heteroatoms. The highest BCUT2D eigenvalue weighted by Crippen LogP contribution is 2.15. The van der Waals surface area contributed by atoms with E-state index in [9.17, 15) is 4.39 Å². The van der Waals surface area contributed by atoms with Crippen LogP contribution in [0, 0.1) is 19.7 Å². The van der Waals surface area contributed by atoms with Crippen molar-refractivity contribution in [3.63, 3.8) is 0 Å². The van der Waals surface area contributed by atoms with Crippen LogP contribution in [0.25, 0.3) is 0 Å². The highest BCUT2D eigenvalue weighted by atomic mass is 35.5. The van der Waals surface area contributed by atoms with E-state index in [0.717, 1.165) is 30.8 Å². The van der Waals surface area contributed by atoms with E-state index in [1.165, 1.54) is 11.8 Å². The second-order valence-electron chi connectivity index (χ2n) is 4.93. The molecule has 2 aromatic rings. The van der Waals surface area contributed by atoms with E-state index < -0.39 is 0 Å². The number of hydrogen-bond acceptors (Lipinski definition) is 2. The zero-order chi connectivity index (χ0) is 14.5. The Morgan fingerprint density at radius 3 is 2.75 bits per heavy atom. The Balaban J connectivity index is 1.71. The van der Waals surface area contributed by atoms with E-state index >= 15 is 0 Å². The Morgan fingerprint density at radius 1 is 1.30 bits per heavy atom. The van der Waals surface area contributed by atoms with Crippen LogP contribution in [0.4, 0.5) is 4.39 Å². The molecule has 0 saturated heterocycles. The van der Waals surface area contributed by atoms with Crippen molar-refractivity contribution in [2.75, 3.05) is 6.54 Å². The number of aryl methyl sites for hydroxylation is 3. The molecular formula is C15H19ClFN3. The molecule has 0 aliphatic heterocycles. The van der Waals surface area contributed by atoms with E-state index in [2.05, 4.69) is 23.4 Å². The van der Waals surface area contributed by atoms with E-state index in [1.807, 2.05) is 17.7 Å². The first-order valence-corrected chi connectivity index (χ1v) is 7.10. The van der Waals surface area contributed by atoms with Gasteiger partial charge in [-0.15, -0.1) is 0 Å². The van der Waals surface area contributed by atoms with E-state index in [-0.39, 0.29) is 10.8 Å². The molecule has 1 aromatic heterocycles. The largest absolute Gasteiger partial charge is 0.313 e. The smallest absolute Gasteiger partial charge is 0.142 e. The summed E-state index contributed by atoms with van der Waals surface area (Å²) in [6, 6.07) is 6.96. The van der Waals surface area contributed by atoms with Crippen molar-refractivity contribution < 1.29 is 4.39 Å². The first kappa shape index (κ1) is 15.0. The molecule has 3 nitrogen and oxygen atoms in total. The zero-order valence-corrected chi connectivity index (χ0v) is 12.5. The number of halogens is 2. The number of aromatic nitrogens is 2. The lowest BCUT2D eigenvalue weighted by molar-refractivity contribution is 0.531. The van der Waals surface area contributed by atoms with E-state index in [1.54, 1.807) is 6.07 Å². The maximum Gasteiger partial charge on any atom is 0.142 e. The fourth-order valence-corrected chi connectivity index (χ4v) is 2.26. The van der Waals surface area contributed by atoms with Crippen molar-refractivity contribution in [2.24, 2.45) is 0 Å². The van der Waals surface area contributed by atoms with Gasteiger partial charge in [-0.3, -0.25) is 4.68 Å². The third-order valence-corrected chi connectivity index (χ3v) is 3.45. The lowest BCUT2D eigenvalue weighted by Gasteiger charge is -2.07. The number of rotatable bonds is 6. The molecule has 0 unspecified atom stereocenters. The van der Waals surface area contributed by atoms with Crippen LogP contribution < -0.4 is 5.32 Å². The predicted molar refractivity (Wildman–Crippen MR) is 79.4 cm³/mol. The number of benzene rings is 1. The summed E-state index contributed by atoms with van der Waals surface area (Å²) in [7, 11) is 0. The van der Waals surface area contributed by atoms with Gasteiger partial charge in [-0.25, -0.2) is 4.39 Å². The van der Waals surface area contributed by atoms with Gasteiger partial charge in [-0.05, 0) is 50.6 Å². The minimum atomic E-state index is -0.367. The quantitative estimate of drug-likeness (QED) is 0.827. The first-order chi connectivity index (χ1) is 9.56. The Hall–Kier alpha value is -1.39. The number of nitrogens with zero attached hydrogens (tertiary/aromatic N) is 2. The number of hydrogen-bond donors (Lipinski definition) is 1. The molecule has 0 aliphatic carbocycles. The molecule has 0 spiro atoms. The standard InChI is InChI=1S/C15H19ClFN3/c1-11-8-12(2)20(19-11)7-3-6-18-10-13-4-5-14(16)15(17)9-13/h4-5,8-9,18H,3,6-7,10H2,1-2H3. The van der Waals surface area contributed by atoms with Crippen molar-refractivity contribution in [2.45, 2.75) is 33.4 Å². The van der Waals surface area contributed by atoms with Gasteiger partial charge >= 0.3 is 0 Å².